The van der Waals surface area contributed by atoms with Crippen molar-refractivity contribution in [3.8, 4) is 0 Å². The van der Waals surface area contributed by atoms with Gasteiger partial charge in [-0.3, -0.25) is 4.99 Å². The second-order valence-corrected chi connectivity index (χ2v) is 7.82. The second kappa shape index (κ2) is 9.96. The lowest BCUT2D eigenvalue weighted by molar-refractivity contribution is 0.188. The fourth-order valence-electron chi connectivity index (χ4n) is 4.30. The standard InChI is InChI=1S/C22H36N4/c1-3-13-25-14-10-19(11-15-25)17-24-22(23-4-2)26-16-12-21(18-26)20-8-6-5-7-9-20/h5-9,19,21H,3-4,10-18H2,1-2H3,(H,23,24). The van der Waals surface area contributed by atoms with Gasteiger partial charge >= 0.3 is 0 Å². The van der Waals surface area contributed by atoms with E-state index < -0.39 is 0 Å². The van der Waals surface area contributed by atoms with Crippen LogP contribution in [-0.4, -0.2) is 61.6 Å². The molecule has 3 rings (SSSR count). The summed E-state index contributed by atoms with van der Waals surface area (Å²) in [6, 6.07) is 10.9. The Hall–Kier alpha value is -1.55. The molecule has 0 amide bonds. The first kappa shape index (κ1) is 19.2. The quantitative estimate of drug-likeness (QED) is 0.624. The third-order valence-electron chi connectivity index (χ3n) is 5.84. The molecule has 2 aliphatic heterocycles. The van der Waals surface area contributed by atoms with E-state index in [2.05, 4.69) is 59.3 Å². The lowest BCUT2D eigenvalue weighted by atomic mass is 9.97. The fourth-order valence-corrected chi connectivity index (χ4v) is 4.30. The molecule has 1 atom stereocenters. The second-order valence-electron chi connectivity index (χ2n) is 7.82. The van der Waals surface area contributed by atoms with Crippen LogP contribution in [0.4, 0.5) is 0 Å². The first-order valence-corrected chi connectivity index (χ1v) is 10.6. The summed E-state index contributed by atoms with van der Waals surface area (Å²) in [5.74, 6) is 2.52. The summed E-state index contributed by atoms with van der Waals surface area (Å²) in [6.07, 6.45) is 5.10. The van der Waals surface area contributed by atoms with Gasteiger partial charge in [0.1, 0.15) is 0 Å². The number of likely N-dealkylation sites (tertiary alicyclic amines) is 2. The third kappa shape index (κ3) is 5.23. The van der Waals surface area contributed by atoms with Crippen LogP contribution < -0.4 is 5.32 Å². The molecular formula is C22H36N4. The van der Waals surface area contributed by atoms with Crippen LogP contribution in [0.1, 0.15) is 51.0 Å². The van der Waals surface area contributed by atoms with Crippen molar-refractivity contribution in [1.29, 1.82) is 0 Å². The lowest BCUT2D eigenvalue weighted by Gasteiger charge is -2.31. The number of hydrogen-bond donors (Lipinski definition) is 1. The van der Waals surface area contributed by atoms with Crippen LogP contribution in [-0.2, 0) is 0 Å². The average molecular weight is 357 g/mol. The molecule has 0 radical (unpaired) electrons. The van der Waals surface area contributed by atoms with Crippen molar-refractivity contribution < 1.29 is 0 Å². The molecule has 2 aliphatic rings. The van der Waals surface area contributed by atoms with Gasteiger partial charge < -0.3 is 15.1 Å². The maximum atomic E-state index is 5.03. The van der Waals surface area contributed by atoms with Gasteiger partial charge in [0.05, 0.1) is 0 Å². The molecule has 1 N–H and O–H groups in total. The molecule has 0 spiro atoms. The van der Waals surface area contributed by atoms with E-state index in [1.165, 1.54) is 50.9 Å². The first-order chi connectivity index (χ1) is 12.8. The molecule has 0 aromatic heterocycles. The van der Waals surface area contributed by atoms with Crippen LogP contribution in [0.15, 0.2) is 35.3 Å². The molecule has 2 heterocycles. The van der Waals surface area contributed by atoms with Crippen molar-refractivity contribution in [2.24, 2.45) is 10.9 Å². The lowest BCUT2D eigenvalue weighted by Crippen LogP contribution is -2.41. The summed E-state index contributed by atoms with van der Waals surface area (Å²) in [5.41, 5.74) is 1.47. The zero-order valence-corrected chi connectivity index (χ0v) is 16.7. The molecule has 4 nitrogen and oxygen atoms in total. The van der Waals surface area contributed by atoms with Gasteiger partial charge in [-0.15, -0.1) is 0 Å². The van der Waals surface area contributed by atoms with Gasteiger partial charge in [0, 0.05) is 32.1 Å². The SMILES string of the molecule is CCCN1CCC(CN=C(NCC)N2CCC(c3ccccc3)C2)CC1. The molecule has 26 heavy (non-hydrogen) atoms. The van der Waals surface area contributed by atoms with Crippen LogP contribution in [0.2, 0.25) is 0 Å². The normalized spacial score (nSPS) is 22.8. The Morgan fingerprint density at radius 3 is 2.54 bits per heavy atom. The summed E-state index contributed by atoms with van der Waals surface area (Å²) in [4.78, 5) is 10.1. The van der Waals surface area contributed by atoms with Gasteiger partial charge in [-0.1, -0.05) is 37.3 Å². The van der Waals surface area contributed by atoms with Gasteiger partial charge in [-0.2, -0.15) is 0 Å². The van der Waals surface area contributed by atoms with Gasteiger partial charge in [0.15, 0.2) is 5.96 Å². The van der Waals surface area contributed by atoms with Gasteiger partial charge in [-0.25, -0.2) is 0 Å². The zero-order chi connectivity index (χ0) is 18.2. The van der Waals surface area contributed by atoms with E-state index in [0.29, 0.717) is 5.92 Å². The number of aliphatic imine (C=N–C) groups is 1. The Kier molecular flexibility index (Phi) is 7.36. The van der Waals surface area contributed by atoms with E-state index >= 15 is 0 Å². The summed E-state index contributed by atoms with van der Waals surface area (Å²) in [7, 11) is 0. The van der Waals surface area contributed by atoms with Crippen LogP contribution in [0.3, 0.4) is 0 Å². The van der Waals surface area contributed by atoms with E-state index in [0.717, 1.165) is 38.1 Å². The molecule has 4 heteroatoms. The topological polar surface area (TPSA) is 30.9 Å². The molecule has 1 aromatic rings. The van der Waals surface area contributed by atoms with Gasteiger partial charge in [0.25, 0.3) is 0 Å². The highest BCUT2D eigenvalue weighted by atomic mass is 15.3. The monoisotopic (exact) mass is 356 g/mol. The van der Waals surface area contributed by atoms with Crippen molar-refractivity contribution in [2.75, 3.05) is 45.8 Å². The van der Waals surface area contributed by atoms with Crippen LogP contribution in [0.25, 0.3) is 0 Å². The fraction of sp³-hybridized carbons (Fsp3) is 0.682. The molecule has 0 aliphatic carbocycles. The minimum absolute atomic E-state index is 0.636. The summed E-state index contributed by atoms with van der Waals surface area (Å²) < 4.78 is 0. The predicted molar refractivity (Wildman–Crippen MR) is 111 cm³/mol. The maximum Gasteiger partial charge on any atom is 0.193 e. The van der Waals surface area contributed by atoms with Crippen LogP contribution >= 0.6 is 0 Å². The highest BCUT2D eigenvalue weighted by Gasteiger charge is 2.26. The highest BCUT2D eigenvalue weighted by Crippen LogP contribution is 2.27. The summed E-state index contributed by atoms with van der Waals surface area (Å²) in [6.45, 7) is 12.3. The molecule has 144 valence electrons. The third-order valence-corrected chi connectivity index (χ3v) is 5.84. The van der Waals surface area contributed by atoms with Crippen molar-refractivity contribution in [2.45, 2.75) is 45.4 Å². The molecule has 2 saturated heterocycles. The minimum Gasteiger partial charge on any atom is -0.357 e. The maximum absolute atomic E-state index is 5.03. The number of rotatable bonds is 6. The number of piperidine rings is 1. The van der Waals surface area contributed by atoms with E-state index in [9.17, 15) is 0 Å². The zero-order valence-electron chi connectivity index (χ0n) is 16.7. The molecule has 0 bridgehead atoms. The molecule has 1 aromatic carbocycles. The Bertz CT molecular complexity index is 549. The van der Waals surface area contributed by atoms with E-state index in [1.54, 1.807) is 0 Å². The van der Waals surface area contributed by atoms with E-state index in [-0.39, 0.29) is 0 Å². The first-order valence-electron chi connectivity index (χ1n) is 10.6. The predicted octanol–water partition coefficient (Wildman–Crippen LogP) is 3.56. The summed E-state index contributed by atoms with van der Waals surface area (Å²) in [5, 5.41) is 3.53. The van der Waals surface area contributed by atoms with Crippen molar-refractivity contribution in [3.05, 3.63) is 35.9 Å². The van der Waals surface area contributed by atoms with Gasteiger partial charge in [-0.05, 0) is 63.7 Å². The number of nitrogens with zero attached hydrogens (tertiary/aromatic N) is 3. The van der Waals surface area contributed by atoms with Crippen LogP contribution in [0.5, 0.6) is 0 Å². The molecule has 0 saturated carbocycles. The van der Waals surface area contributed by atoms with E-state index in [4.69, 9.17) is 4.99 Å². The Labute approximate surface area is 159 Å². The molecule has 1 unspecified atom stereocenters. The number of benzene rings is 1. The highest BCUT2D eigenvalue weighted by molar-refractivity contribution is 5.80. The van der Waals surface area contributed by atoms with Gasteiger partial charge in [0.2, 0.25) is 0 Å². The minimum atomic E-state index is 0.636. The number of hydrogen-bond acceptors (Lipinski definition) is 2. The molecular weight excluding hydrogens is 320 g/mol. The smallest absolute Gasteiger partial charge is 0.193 e. The Morgan fingerprint density at radius 1 is 1.08 bits per heavy atom. The van der Waals surface area contributed by atoms with Crippen LogP contribution in [0, 0.1) is 5.92 Å². The van der Waals surface area contributed by atoms with Crippen molar-refractivity contribution in [3.63, 3.8) is 0 Å². The number of nitrogens with one attached hydrogen (secondary N) is 1. The van der Waals surface area contributed by atoms with Crippen molar-refractivity contribution >= 4 is 5.96 Å². The number of guanidine groups is 1. The van der Waals surface area contributed by atoms with Crippen molar-refractivity contribution in [1.82, 2.24) is 15.1 Å². The van der Waals surface area contributed by atoms with E-state index in [1.807, 2.05) is 0 Å². The Balaban J connectivity index is 1.53. The summed E-state index contributed by atoms with van der Waals surface area (Å²) >= 11 is 0. The average Bonchev–Trinajstić information content (AvgIpc) is 3.17. The Morgan fingerprint density at radius 2 is 1.85 bits per heavy atom. The largest absolute Gasteiger partial charge is 0.357 e. The molecule has 2 fully saturated rings.